The Morgan fingerprint density at radius 1 is 1.24 bits per heavy atom. The Kier molecular flexibility index (Phi) is 6.13. The highest BCUT2D eigenvalue weighted by Gasteiger charge is 2.23. The quantitative estimate of drug-likeness (QED) is 0.614. The van der Waals surface area contributed by atoms with Crippen LogP contribution in [0.15, 0.2) is 47.3 Å². The number of methoxy groups -OCH3 is 1. The first kappa shape index (κ1) is 20.7. The number of rotatable bonds is 6. The number of aromatic hydroxyl groups is 1. The maximum atomic E-state index is 13.1. The van der Waals surface area contributed by atoms with E-state index in [4.69, 9.17) is 16.3 Å². The smallest absolute Gasteiger partial charge is 0.267 e. The second-order valence-electron chi connectivity index (χ2n) is 7.18. The monoisotopic (exact) mass is 414 g/mol. The molecule has 6 nitrogen and oxygen atoms in total. The van der Waals surface area contributed by atoms with E-state index < -0.39 is 11.5 Å². The van der Waals surface area contributed by atoms with Crippen molar-refractivity contribution in [1.82, 2.24) is 4.57 Å². The standard InChI is InChI=1S/C22H23ClN2O4/c1-13(2)10-11-25-17-7-5-4-6-15(17)20(26)19(22(25)28)21(27)24-16-9-8-14(23)12-18(16)29-3/h4-9,12-13,26H,10-11H2,1-3H3,(H,24,27). The van der Waals surface area contributed by atoms with Crippen LogP contribution in [0, 0.1) is 5.92 Å². The zero-order valence-electron chi connectivity index (χ0n) is 16.5. The summed E-state index contributed by atoms with van der Waals surface area (Å²) in [5, 5.41) is 14.3. The third kappa shape index (κ3) is 4.22. The molecular weight excluding hydrogens is 392 g/mol. The first-order valence-electron chi connectivity index (χ1n) is 9.32. The molecule has 3 rings (SSSR count). The van der Waals surface area contributed by atoms with Crippen molar-refractivity contribution in [3.63, 3.8) is 0 Å². The van der Waals surface area contributed by atoms with Gasteiger partial charge in [-0.25, -0.2) is 0 Å². The molecule has 1 amide bonds. The van der Waals surface area contributed by atoms with E-state index in [1.165, 1.54) is 7.11 Å². The van der Waals surface area contributed by atoms with Gasteiger partial charge in [0.15, 0.2) is 0 Å². The van der Waals surface area contributed by atoms with Gasteiger partial charge in [0, 0.05) is 23.0 Å². The first-order chi connectivity index (χ1) is 13.8. The molecule has 0 saturated heterocycles. The van der Waals surface area contributed by atoms with Gasteiger partial charge in [0.1, 0.15) is 17.1 Å². The lowest BCUT2D eigenvalue weighted by Gasteiger charge is -2.16. The van der Waals surface area contributed by atoms with E-state index in [-0.39, 0.29) is 11.3 Å². The summed E-state index contributed by atoms with van der Waals surface area (Å²) in [6.07, 6.45) is 0.765. The lowest BCUT2D eigenvalue weighted by molar-refractivity contribution is 0.102. The van der Waals surface area contributed by atoms with Gasteiger partial charge in [-0.15, -0.1) is 0 Å². The maximum Gasteiger partial charge on any atom is 0.267 e. The van der Waals surface area contributed by atoms with E-state index in [2.05, 4.69) is 19.2 Å². The molecule has 3 aromatic rings. The molecular formula is C22H23ClN2O4. The van der Waals surface area contributed by atoms with Crippen molar-refractivity contribution in [2.75, 3.05) is 12.4 Å². The normalized spacial score (nSPS) is 11.1. The molecule has 0 aliphatic rings. The van der Waals surface area contributed by atoms with Gasteiger partial charge < -0.3 is 19.7 Å². The van der Waals surface area contributed by atoms with Crippen LogP contribution in [0.2, 0.25) is 5.02 Å². The summed E-state index contributed by atoms with van der Waals surface area (Å²) in [5.74, 6) is -0.315. The Balaban J connectivity index is 2.11. The average molecular weight is 415 g/mol. The van der Waals surface area contributed by atoms with Gasteiger partial charge in [0.05, 0.1) is 18.3 Å². The Bertz CT molecular complexity index is 1120. The molecule has 1 heterocycles. The summed E-state index contributed by atoms with van der Waals surface area (Å²) in [7, 11) is 1.45. The third-order valence-corrected chi connectivity index (χ3v) is 4.95. The average Bonchev–Trinajstić information content (AvgIpc) is 2.69. The zero-order valence-corrected chi connectivity index (χ0v) is 17.3. The summed E-state index contributed by atoms with van der Waals surface area (Å²) in [6.45, 7) is 4.57. The van der Waals surface area contributed by atoms with Gasteiger partial charge in [-0.3, -0.25) is 9.59 Å². The number of aromatic nitrogens is 1. The van der Waals surface area contributed by atoms with Crippen molar-refractivity contribution < 1.29 is 14.6 Å². The highest BCUT2D eigenvalue weighted by Crippen LogP contribution is 2.30. The number of pyridine rings is 1. The van der Waals surface area contributed by atoms with E-state index in [1.807, 2.05) is 0 Å². The molecule has 0 aliphatic carbocycles. The molecule has 0 radical (unpaired) electrons. The molecule has 2 N–H and O–H groups in total. The Morgan fingerprint density at radius 3 is 2.66 bits per heavy atom. The first-order valence-corrected chi connectivity index (χ1v) is 9.70. The van der Waals surface area contributed by atoms with E-state index in [0.717, 1.165) is 6.42 Å². The van der Waals surface area contributed by atoms with Crippen LogP contribution >= 0.6 is 11.6 Å². The summed E-state index contributed by atoms with van der Waals surface area (Å²) in [4.78, 5) is 26.1. The molecule has 0 fully saturated rings. The molecule has 0 unspecified atom stereocenters. The molecule has 0 atom stereocenters. The van der Waals surface area contributed by atoms with Crippen LogP contribution in [0.5, 0.6) is 11.5 Å². The van der Waals surface area contributed by atoms with Crippen molar-refractivity contribution in [1.29, 1.82) is 0 Å². The van der Waals surface area contributed by atoms with Gasteiger partial charge in [0.2, 0.25) is 0 Å². The number of ether oxygens (including phenoxy) is 1. The molecule has 1 aromatic heterocycles. The zero-order chi connectivity index (χ0) is 21.1. The predicted molar refractivity (Wildman–Crippen MR) is 115 cm³/mol. The van der Waals surface area contributed by atoms with Gasteiger partial charge in [0.25, 0.3) is 11.5 Å². The molecule has 0 saturated carbocycles. The van der Waals surface area contributed by atoms with Crippen molar-refractivity contribution in [3.8, 4) is 11.5 Å². The lowest BCUT2D eigenvalue weighted by atomic mass is 10.1. The van der Waals surface area contributed by atoms with Crippen LogP contribution in [0.25, 0.3) is 10.9 Å². The van der Waals surface area contributed by atoms with E-state index in [0.29, 0.717) is 39.8 Å². The highest BCUT2D eigenvalue weighted by atomic mass is 35.5. The largest absolute Gasteiger partial charge is 0.506 e. The minimum Gasteiger partial charge on any atom is -0.506 e. The Labute approximate surface area is 173 Å². The number of halogens is 1. The molecule has 152 valence electrons. The second kappa shape index (κ2) is 8.57. The molecule has 0 spiro atoms. The second-order valence-corrected chi connectivity index (χ2v) is 7.62. The van der Waals surface area contributed by atoms with Gasteiger partial charge in [-0.05, 0) is 36.6 Å². The fraction of sp³-hybridized carbons (Fsp3) is 0.273. The number of nitrogens with one attached hydrogen (secondary N) is 1. The summed E-state index contributed by atoms with van der Waals surface area (Å²) in [5.41, 5.74) is 0.107. The number of fused-ring (bicyclic) bond motifs is 1. The number of hydrogen-bond acceptors (Lipinski definition) is 4. The van der Waals surface area contributed by atoms with E-state index in [9.17, 15) is 14.7 Å². The Hall–Kier alpha value is -2.99. The van der Waals surface area contributed by atoms with E-state index >= 15 is 0 Å². The topological polar surface area (TPSA) is 80.6 Å². The summed E-state index contributed by atoms with van der Waals surface area (Å²) >= 11 is 5.96. The van der Waals surface area contributed by atoms with Crippen molar-refractivity contribution in [3.05, 3.63) is 63.4 Å². The van der Waals surface area contributed by atoms with Crippen LogP contribution < -0.4 is 15.6 Å². The molecule has 0 bridgehead atoms. The SMILES string of the molecule is COc1cc(Cl)ccc1NC(=O)c1c(O)c2ccccc2n(CCC(C)C)c1=O. The highest BCUT2D eigenvalue weighted by molar-refractivity contribution is 6.30. The number of amides is 1. The lowest BCUT2D eigenvalue weighted by Crippen LogP contribution is -2.30. The molecule has 2 aromatic carbocycles. The predicted octanol–water partition coefficient (Wildman–Crippen LogP) is 4.67. The van der Waals surface area contributed by atoms with Crippen LogP contribution in [0.1, 0.15) is 30.6 Å². The van der Waals surface area contributed by atoms with Gasteiger partial charge >= 0.3 is 0 Å². The number of carbonyl (C=O) groups is 1. The number of nitrogens with zero attached hydrogens (tertiary/aromatic N) is 1. The van der Waals surface area contributed by atoms with Crippen LogP contribution in [-0.2, 0) is 6.54 Å². The maximum absolute atomic E-state index is 13.1. The third-order valence-electron chi connectivity index (χ3n) is 4.71. The van der Waals surface area contributed by atoms with Crippen LogP contribution in [0.4, 0.5) is 5.69 Å². The fourth-order valence-corrected chi connectivity index (χ4v) is 3.32. The number of carbonyl (C=O) groups excluding carboxylic acids is 1. The summed E-state index contributed by atoms with van der Waals surface area (Å²) < 4.78 is 6.78. The minimum atomic E-state index is -0.711. The number of para-hydroxylation sites is 1. The number of aryl methyl sites for hydroxylation is 1. The fourth-order valence-electron chi connectivity index (χ4n) is 3.16. The van der Waals surface area contributed by atoms with Gasteiger partial charge in [-0.2, -0.15) is 0 Å². The number of hydrogen-bond donors (Lipinski definition) is 2. The van der Waals surface area contributed by atoms with E-state index in [1.54, 1.807) is 47.0 Å². The van der Waals surface area contributed by atoms with Crippen molar-refractivity contribution in [2.45, 2.75) is 26.8 Å². The van der Waals surface area contributed by atoms with Crippen molar-refractivity contribution >= 4 is 34.1 Å². The Morgan fingerprint density at radius 2 is 1.97 bits per heavy atom. The van der Waals surface area contributed by atoms with Crippen LogP contribution in [-0.4, -0.2) is 22.7 Å². The molecule has 7 heteroatoms. The number of anilines is 1. The molecule has 29 heavy (non-hydrogen) atoms. The molecule has 0 aliphatic heterocycles. The minimum absolute atomic E-state index is 0.301. The van der Waals surface area contributed by atoms with Crippen molar-refractivity contribution in [2.24, 2.45) is 5.92 Å². The van der Waals surface area contributed by atoms with Crippen LogP contribution in [0.3, 0.4) is 0 Å². The number of benzene rings is 2. The summed E-state index contributed by atoms with van der Waals surface area (Å²) in [6, 6.07) is 11.7. The van der Waals surface area contributed by atoms with Gasteiger partial charge in [-0.1, -0.05) is 37.6 Å².